The van der Waals surface area contributed by atoms with Gasteiger partial charge in [0.1, 0.15) is 6.04 Å². The number of benzene rings is 1. The Kier molecular flexibility index (Phi) is 3.62. The molecule has 18 heavy (non-hydrogen) atoms. The number of aromatic nitrogens is 1. The van der Waals surface area contributed by atoms with Crippen molar-refractivity contribution < 1.29 is 4.79 Å². The molecule has 2 aromatic rings. The Bertz CT molecular complexity index is 565. The molecule has 1 amide bonds. The molecule has 0 saturated heterocycles. The van der Waals surface area contributed by atoms with E-state index in [0.717, 1.165) is 16.3 Å². The van der Waals surface area contributed by atoms with E-state index < -0.39 is 11.9 Å². The first-order chi connectivity index (χ1) is 8.56. The van der Waals surface area contributed by atoms with E-state index in [4.69, 9.17) is 5.73 Å². The van der Waals surface area contributed by atoms with Crippen molar-refractivity contribution in [1.29, 1.82) is 0 Å². The number of hydrogen-bond donors (Lipinski definition) is 2. The summed E-state index contributed by atoms with van der Waals surface area (Å²) >= 11 is 1.50. The first-order valence-electron chi connectivity index (χ1n) is 5.61. The third kappa shape index (κ3) is 2.87. The Hall–Kier alpha value is -1.88. The summed E-state index contributed by atoms with van der Waals surface area (Å²) < 4.78 is 0. The molecule has 4 nitrogen and oxygen atoms in total. The lowest BCUT2D eigenvalue weighted by Crippen LogP contribution is -2.28. The number of primary amides is 1. The minimum absolute atomic E-state index is 0.429. The Balaban J connectivity index is 2.24. The lowest BCUT2D eigenvalue weighted by atomic mass is 10.1. The molecule has 1 heterocycles. The largest absolute Gasteiger partial charge is 0.369 e. The maximum absolute atomic E-state index is 11.5. The van der Waals surface area contributed by atoms with Crippen molar-refractivity contribution >= 4 is 22.9 Å². The minimum atomic E-state index is -0.586. The van der Waals surface area contributed by atoms with Crippen LogP contribution in [0.15, 0.2) is 29.6 Å². The van der Waals surface area contributed by atoms with Crippen LogP contribution in [0.4, 0.5) is 5.69 Å². The highest BCUT2D eigenvalue weighted by Gasteiger charge is 2.20. The van der Waals surface area contributed by atoms with Gasteiger partial charge in [0, 0.05) is 11.1 Å². The maximum atomic E-state index is 11.5. The van der Waals surface area contributed by atoms with Gasteiger partial charge < -0.3 is 11.1 Å². The van der Waals surface area contributed by atoms with Gasteiger partial charge in [-0.15, -0.1) is 11.3 Å². The van der Waals surface area contributed by atoms with Crippen LogP contribution < -0.4 is 11.1 Å². The molecule has 1 aromatic heterocycles. The number of carbonyl (C=O) groups is 1. The van der Waals surface area contributed by atoms with Gasteiger partial charge in [0.25, 0.3) is 0 Å². The molecule has 0 spiro atoms. The van der Waals surface area contributed by atoms with Gasteiger partial charge in [-0.25, -0.2) is 4.98 Å². The minimum Gasteiger partial charge on any atom is -0.369 e. The van der Waals surface area contributed by atoms with E-state index in [-0.39, 0.29) is 0 Å². The summed E-state index contributed by atoms with van der Waals surface area (Å²) in [6.07, 6.45) is 0. The lowest BCUT2D eigenvalue weighted by Gasteiger charge is -2.15. The molecule has 5 heteroatoms. The smallest absolute Gasteiger partial charge is 0.246 e. The quantitative estimate of drug-likeness (QED) is 0.888. The third-order valence-electron chi connectivity index (χ3n) is 2.55. The van der Waals surface area contributed by atoms with Crippen LogP contribution in [0.3, 0.4) is 0 Å². The first-order valence-corrected chi connectivity index (χ1v) is 6.49. The number of nitrogens with two attached hydrogens (primary N) is 1. The van der Waals surface area contributed by atoms with Gasteiger partial charge in [-0.3, -0.25) is 4.79 Å². The van der Waals surface area contributed by atoms with E-state index >= 15 is 0 Å². The fraction of sp³-hybridized carbons (Fsp3) is 0.231. The van der Waals surface area contributed by atoms with E-state index in [1.54, 1.807) is 0 Å². The molecule has 0 fully saturated rings. The SMILES string of the molecule is Cc1cccc(NC(C(N)=O)c2csc(C)n2)c1. The molecule has 1 atom stereocenters. The fourth-order valence-electron chi connectivity index (χ4n) is 1.71. The van der Waals surface area contributed by atoms with Crippen LogP contribution >= 0.6 is 11.3 Å². The molecule has 1 aromatic carbocycles. The second kappa shape index (κ2) is 5.18. The maximum Gasteiger partial charge on any atom is 0.246 e. The van der Waals surface area contributed by atoms with Crippen LogP contribution in [-0.4, -0.2) is 10.9 Å². The molecular weight excluding hydrogens is 246 g/mol. The van der Waals surface area contributed by atoms with Crippen LogP contribution in [0.5, 0.6) is 0 Å². The second-order valence-electron chi connectivity index (χ2n) is 4.14. The van der Waals surface area contributed by atoms with Crippen molar-refractivity contribution in [3.8, 4) is 0 Å². The summed E-state index contributed by atoms with van der Waals surface area (Å²) in [6, 6.07) is 7.22. The van der Waals surface area contributed by atoms with Crippen molar-refractivity contribution in [1.82, 2.24) is 4.98 Å². The van der Waals surface area contributed by atoms with Gasteiger partial charge >= 0.3 is 0 Å². The predicted octanol–water partition coefficient (Wildman–Crippen LogP) is 2.40. The zero-order valence-corrected chi connectivity index (χ0v) is 11.1. The van der Waals surface area contributed by atoms with Gasteiger partial charge in [-0.1, -0.05) is 12.1 Å². The monoisotopic (exact) mass is 261 g/mol. The van der Waals surface area contributed by atoms with Crippen LogP contribution in [0.1, 0.15) is 22.3 Å². The van der Waals surface area contributed by atoms with E-state index in [0.29, 0.717) is 5.69 Å². The summed E-state index contributed by atoms with van der Waals surface area (Å²) in [5.41, 5.74) is 8.09. The molecule has 0 saturated carbocycles. The average molecular weight is 261 g/mol. The van der Waals surface area contributed by atoms with Crippen molar-refractivity contribution in [2.45, 2.75) is 19.9 Å². The summed E-state index contributed by atoms with van der Waals surface area (Å²) in [7, 11) is 0. The number of carbonyl (C=O) groups excluding carboxylic acids is 1. The number of nitrogens with zero attached hydrogens (tertiary/aromatic N) is 1. The van der Waals surface area contributed by atoms with Crippen molar-refractivity contribution in [3.63, 3.8) is 0 Å². The zero-order chi connectivity index (χ0) is 13.1. The van der Waals surface area contributed by atoms with Crippen molar-refractivity contribution in [2.24, 2.45) is 5.73 Å². The highest BCUT2D eigenvalue weighted by molar-refractivity contribution is 7.09. The molecule has 94 valence electrons. The molecule has 2 rings (SSSR count). The average Bonchev–Trinajstić information content (AvgIpc) is 2.72. The van der Waals surface area contributed by atoms with Gasteiger partial charge in [0.2, 0.25) is 5.91 Å². The van der Waals surface area contributed by atoms with E-state index in [9.17, 15) is 4.79 Å². The number of aryl methyl sites for hydroxylation is 2. The lowest BCUT2D eigenvalue weighted by molar-refractivity contribution is -0.118. The van der Waals surface area contributed by atoms with Gasteiger partial charge in [0.05, 0.1) is 10.7 Å². The normalized spacial score (nSPS) is 12.1. The summed E-state index contributed by atoms with van der Waals surface area (Å²) in [5, 5.41) is 5.89. The van der Waals surface area contributed by atoms with Gasteiger partial charge in [0.15, 0.2) is 0 Å². The van der Waals surface area contributed by atoms with E-state index in [1.807, 2.05) is 43.5 Å². The second-order valence-corrected chi connectivity index (χ2v) is 5.20. The van der Waals surface area contributed by atoms with Crippen molar-refractivity contribution in [3.05, 3.63) is 45.9 Å². The summed E-state index contributed by atoms with van der Waals surface area (Å²) in [5.74, 6) is -0.429. The molecule has 0 aliphatic heterocycles. The molecule has 3 N–H and O–H groups in total. The summed E-state index contributed by atoms with van der Waals surface area (Å²) in [4.78, 5) is 15.8. The molecule has 0 bridgehead atoms. The first kappa shape index (κ1) is 12.6. The number of nitrogens with one attached hydrogen (secondary N) is 1. The number of rotatable bonds is 4. The van der Waals surface area contributed by atoms with Crippen LogP contribution in [0.2, 0.25) is 0 Å². The third-order valence-corrected chi connectivity index (χ3v) is 3.34. The number of amides is 1. The molecule has 0 aliphatic carbocycles. The highest BCUT2D eigenvalue weighted by Crippen LogP contribution is 2.21. The molecule has 0 radical (unpaired) electrons. The Morgan fingerprint density at radius 3 is 2.78 bits per heavy atom. The standard InChI is InChI=1S/C13H15N3OS/c1-8-4-3-5-10(6-8)16-12(13(14)17)11-7-18-9(2)15-11/h3-7,12,16H,1-2H3,(H2,14,17). The number of thiazole rings is 1. The fourth-order valence-corrected chi connectivity index (χ4v) is 2.34. The van der Waals surface area contributed by atoms with Crippen LogP contribution in [-0.2, 0) is 4.79 Å². The Labute approximate surface area is 110 Å². The molecule has 0 aliphatic rings. The summed E-state index contributed by atoms with van der Waals surface area (Å²) in [6.45, 7) is 3.90. The Morgan fingerprint density at radius 2 is 2.22 bits per heavy atom. The number of hydrogen-bond acceptors (Lipinski definition) is 4. The highest BCUT2D eigenvalue weighted by atomic mass is 32.1. The van der Waals surface area contributed by atoms with Crippen LogP contribution in [0, 0.1) is 13.8 Å². The van der Waals surface area contributed by atoms with Crippen molar-refractivity contribution in [2.75, 3.05) is 5.32 Å². The number of anilines is 1. The zero-order valence-electron chi connectivity index (χ0n) is 10.3. The molecular formula is C13H15N3OS. The van der Waals surface area contributed by atoms with Gasteiger partial charge in [-0.2, -0.15) is 0 Å². The predicted molar refractivity (Wildman–Crippen MR) is 73.6 cm³/mol. The van der Waals surface area contributed by atoms with Crippen LogP contribution in [0.25, 0.3) is 0 Å². The van der Waals surface area contributed by atoms with E-state index in [1.165, 1.54) is 11.3 Å². The van der Waals surface area contributed by atoms with Gasteiger partial charge in [-0.05, 0) is 31.5 Å². The topological polar surface area (TPSA) is 68.0 Å². The Morgan fingerprint density at radius 1 is 1.44 bits per heavy atom. The van der Waals surface area contributed by atoms with E-state index in [2.05, 4.69) is 10.3 Å². The molecule has 1 unspecified atom stereocenters.